The number of ketones is 1. The maximum Gasteiger partial charge on any atom is 0.338 e. The summed E-state index contributed by atoms with van der Waals surface area (Å²) in [6.45, 7) is 8.50. The van der Waals surface area contributed by atoms with E-state index in [2.05, 4.69) is 5.32 Å². The summed E-state index contributed by atoms with van der Waals surface area (Å²) < 4.78 is 11.7. The van der Waals surface area contributed by atoms with Crippen molar-refractivity contribution in [3.05, 3.63) is 47.0 Å². The van der Waals surface area contributed by atoms with E-state index in [1.807, 2.05) is 0 Å². The number of amides is 1. The third-order valence-electron chi connectivity index (χ3n) is 11.6. The first-order valence-corrected chi connectivity index (χ1v) is 15.8. The van der Waals surface area contributed by atoms with Crippen molar-refractivity contribution in [2.75, 3.05) is 0 Å². The second-order valence-corrected chi connectivity index (χ2v) is 14.3. The molecule has 1 radical (unpaired) electrons. The SMILES string of the molecule is CC(=O)NC(c1ccccc1)C(O)C(=O)OC1CC2(O)C(OC(C)=O)C3[C@]4(O)CCC4CC(O)[C@@]3(C)C(=O)C(O)C(=C1C)C2(C)C.[Ac]. The van der Waals surface area contributed by atoms with Crippen LogP contribution in [0.15, 0.2) is 41.5 Å². The minimum atomic E-state index is -2.15. The number of rotatable bonds is 6. The van der Waals surface area contributed by atoms with Gasteiger partial charge in [-0.3, -0.25) is 14.4 Å². The van der Waals surface area contributed by atoms with Gasteiger partial charge in [0.05, 0.1) is 23.2 Å². The van der Waals surface area contributed by atoms with Gasteiger partial charge >= 0.3 is 11.9 Å². The van der Waals surface area contributed by atoms with E-state index >= 15 is 0 Å². The number of esters is 2. The maximum absolute atomic E-state index is 14.4. The summed E-state index contributed by atoms with van der Waals surface area (Å²) in [6, 6.07) is 7.14. The van der Waals surface area contributed by atoms with Crippen molar-refractivity contribution in [2.45, 2.75) is 115 Å². The number of hydrogen-bond donors (Lipinski definition) is 6. The fraction of sp³-hybridized carbons (Fsp3) is 0.647. The number of hydrogen-bond acceptors (Lipinski definition) is 11. The number of ether oxygens (including phenoxy) is 2. The molecule has 5 rings (SSSR count). The van der Waals surface area contributed by atoms with Crippen molar-refractivity contribution < 1.29 is 98.2 Å². The van der Waals surface area contributed by atoms with Crippen LogP contribution in [0.2, 0.25) is 0 Å². The van der Waals surface area contributed by atoms with Crippen molar-refractivity contribution in [2.24, 2.45) is 22.7 Å². The van der Waals surface area contributed by atoms with E-state index in [0.29, 0.717) is 12.0 Å². The zero-order chi connectivity index (χ0) is 34.1. The molecule has 1 aromatic rings. The molecule has 0 aliphatic heterocycles. The predicted molar refractivity (Wildman–Crippen MR) is 161 cm³/mol. The van der Waals surface area contributed by atoms with E-state index in [9.17, 15) is 44.7 Å². The molecular weight excluding hydrogens is 825 g/mol. The van der Waals surface area contributed by atoms with Gasteiger partial charge in [0, 0.05) is 75.7 Å². The van der Waals surface area contributed by atoms with Gasteiger partial charge in [-0.25, -0.2) is 4.79 Å². The Kier molecular flexibility index (Phi) is 10.7. The van der Waals surface area contributed by atoms with Gasteiger partial charge in [-0.1, -0.05) is 44.2 Å². The summed E-state index contributed by atoms with van der Waals surface area (Å²) in [5.41, 5.74) is -6.36. The Morgan fingerprint density at radius 2 is 1.64 bits per heavy atom. The summed E-state index contributed by atoms with van der Waals surface area (Å²) in [5.74, 6) is -5.03. The first-order chi connectivity index (χ1) is 21.3. The number of fused-ring (bicyclic) bond motifs is 5. The van der Waals surface area contributed by atoms with Crippen LogP contribution in [-0.4, -0.2) is 90.9 Å². The molecule has 3 fully saturated rings. The fourth-order valence-electron chi connectivity index (χ4n) is 8.88. The van der Waals surface area contributed by atoms with Crippen molar-refractivity contribution in [1.82, 2.24) is 5.32 Å². The first-order valence-electron chi connectivity index (χ1n) is 15.8. The maximum atomic E-state index is 14.4. The van der Waals surface area contributed by atoms with E-state index in [1.165, 1.54) is 20.8 Å². The number of aliphatic hydroxyl groups is 5. The predicted octanol–water partition coefficient (Wildman–Crippen LogP) is 1.02. The van der Waals surface area contributed by atoms with Gasteiger partial charge < -0.3 is 40.3 Å². The minimum absolute atomic E-state index is 0. The molecule has 6 N–H and O–H groups in total. The van der Waals surface area contributed by atoms with Crippen molar-refractivity contribution in [3.63, 3.8) is 0 Å². The van der Waals surface area contributed by atoms with Crippen LogP contribution in [0, 0.1) is 66.7 Å². The van der Waals surface area contributed by atoms with Crippen molar-refractivity contribution >= 4 is 23.6 Å². The van der Waals surface area contributed by atoms with Gasteiger partial charge in [0.2, 0.25) is 5.91 Å². The molecular formula is C34H45AcNO11. The second-order valence-electron chi connectivity index (χ2n) is 14.3. The topological polar surface area (TPSA) is 200 Å². The van der Waals surface area contributed by atoms with Crippen LogP contribution < -0.4 is 5.32 Å². The van der Waals surface area contributed by atoms with Crippen LogP contribution >= 0.6 is 0 Å². The van der Waals surface area contributed by atoms with Gasteiger partial charge in [-0.05, 0) is 55.7 Å². The Labute approximate surface area is 309 Å². The average Bonchev–Trinajstić information content (AvgIpc) is 2.98. The van der Waals surface area contributed by atoms with E-state index < -0.39 is 100 Å². The van der Waals surface area contributed by atoms with Crippen molar-refractivity contribution in [1.29, 1.82) is 0 Å². The van der Waals surface area contributed by atoms with Crippen LogP contribution in [-0.2, 0) is 28.7 Å². The fourth-order valence-corrected chi connectivity index (χ4v) is 8.88. The molecule has 47 heavy (non-hydrogen) atoms. The molecule has 4 aliphatic rings. The van der Waals surface area contributed by atoms with Crippen LogP contribution in [0.5, 0.6) is 0 Å². The molecule has 0 heterocycles. The van der Waals surface area contributed by atoms with Gasteiger partial charge in [0.25, 0.3) is 0 Å². The summed E-state index contributed by atoms with van der Waals surface area (Å²) in [6.07, 6.45) is -7.53. The van der Waals surface area contributed by atoms with E-state index in [1.54, 1.807) is 44.2 Å². The molecule has 1 amide bonds. The Morgan fingerprint density at radius 3 is 2.17 bits per heavy atom. The third-order valence-corrected chi connectivity index (χ3v) is 11.6. The van der Waals surface area contributed by atoms with E-state index in [-0.39, 0.29) is 68.1 Å². The Bertz CT molecular complexity index is 1460. The van der Waals surface area contributed by atoms with Gasteiger partial charge in [0.1, 0.15) is 23.9 Å². The molecule has 4 aliphatic carbocycles. The number of nitrogens with one attached hydrogen (secondary N) is 1. The molecule has 2 bridgehead atoms. The number of Topliss-reactive ketones (excluding diaryl/α,β-unsaturated/α-hetero) is 1. The van der Waals surface area contributed by atoms with Crippen molar-refractivity contribution in [3.8, 4) is 0 Å². The number of benzene rings is 1. The average molecular weight is 871 g/mol. The normalized spacial score (nSPS) is 38.5. The van der Waals surface area contributed by atoms with Gasteiger partial charge in [-0.2, -0.15) is 0 Å². The summed E-state index contributed by atoms with van der Waals surface area (Å²) in [4.78, 5) is 52.6. The number of carbonyl (C=O) groups excluding carboxylic acids is 4. The van der Waals surface area contributed by atoms with Crippen LogP contribution in [0.3, 0.4) is 0 Å². The second kappa shape index (κ2) is 13.2. The number of aliphatic hydroxyl groups excluding tert-OH is 3. The molecule has 0 aromatic heterocycles. The Balaban J connectivity index is 0.00000500. The quantitative estimate of drug-likeness (QED) is 0.176. The molecule has 3 saturated carbocycles. The molecule has 0 spiro atoms. The molecule has 11 atom stereocenters. The van der Waals surface area contributed by atoms with Gasteiger partial charge in [0.15, 0.2) is 11.9 Å². The first kappa shape index (κ1) is 38.1. The zero-order valence-electron chi connectivity index (χ0n) is 27.6. The van der Waals surface area contributed by atoms with E-state index in [4.69, 9.17) is 9.47 Å². The third kappa shape index (κ3) is 5.85. The standard InChI is InChI=1S/C34H45NO11.Ac/c1-16-21(46-30(42)26(40)24(35-17(2)36)19-10-8-7-9-11-19)15-34(44)29(45-18(3)37)27-32(6,22(38)14-20-12-13-33(20,27)43)28(41)25(39)23(16)31(34,4)5;/h7-11,20-22,24-27,29,38-40,43-44H,12-15H2,1-6H3,(H,35,36);/t20?,21?,22?,24?,25?,26?,27?,29?,32-,33+,34?;/m1./s1. The van der Waals surface area contributed by atoms with Crippen LogP contribution in [0.4, 0.5) is 0 Å². The minimum Gasteiger partial charge on any atom is -0.459 e. The summed E-state index contributed by atoms with van der Waals surface area (Å²) >= 11 is 0. The zero-order valence-corrected chi connectivity index (χ0v) is 32.3. The molecule has 0 saturated heterocycles. The summed E-state index contributed by atoms with van der Waals surface area (Å²) in [7, 11) is 0. The largest absolute Gasteiger partial charge is 0.459 e. The Hall–Kier alpha value is -1.72. The molecule has 12 nitrogen and oxygen atoms in total. The van der Waals surface area contributed by atoms with Gasteiger partial charge in [-0.15, -0.1) is 0 Å². The smallest absolute Gasteiger partial charge is 0.338 e. The molecule has 9 unspecified atom stereocenters. The molecule has 13 heteroatoms. The van der Waals surface area contributed by atoms with Crippen LogP contribution in [0.1, 0.15) is 78.8 Å². The summed E-state index contributed by atoms with van der Waals surface area (Å²) in [5, 5.41) is 61.8. The van der Waals surface area contributed by atoms with Crippen LogP contribution in [0.25, 0.3) is 0 Å². The Morgan fingerprint density at radius 1 is 1.02 bits per heavy atom. The van der Waals surface area contributed by atoms with E-state index in [0.717, 1.165) is 6.92 Å². The molecule has 255 valence electrons. The molecule has 1 aromatic carbocycles. The number of carbonyl (C=O) groups is 4. The monoisotopic (exact) mass is 870 g/mol.